The molecule has 4 nitrogen and oxygen atoms in total. The van der Waals surface area contributed by atoms with Crippen molar-refractivity contribution in [2.45, 2.75) is 24.1 Å². The number of hydrogen-bond donors (Lipinski definition) is 1. The smallest absolute Gasteiger partial charge is 0.247 e. The van der Waals surface area contributed by atoms with E-state index in [-0.39, 0.29) is 5.91 Å². The Morgan fingerprint density at radius 3 is 3.05 bits per heavy atom. The highest BCUT2D eigenvalue weighted by atomic mass is 35.5. The summed E-state index contributed by atoms with van der Waals surface area (Å²) in [4.78, 5) is 16.3. The summed E-state index contributed by atoms with van der Waals surface area (Å²) in [5.74, 6) is -0.170. The SMILES string of the molecule is N#Cc1cccc(Cc2cnc(NC(=O)C3(Cl)CC3)s2)c1. The van der Waals surface area contributed by atoms with Gasteiger partial charge in [-0.1, -0.05) is 12.1 Å². The van der Waals surface area contributed by atoms with E-state index in [2.05, 4.69) is 16.4 Å². The molecule has 0 saturated heterocycles. The van der Waals surface area contributed by atoms with E-state index >= 15 is 0 Å². The van der Waals surface area contributed by atoms with E-state index in [0.29, 0.717) is 17.1 Å². The van der Waals surface area contributed by atoms with Gasteiger partial charge in [0.15, 0.2) is 5.13 Å². The van der Waals surface area contributed by atoms with Crippen LogP contribution in [0, 0.1) is 11.3 Å². The molecule has 1 aromatic carbocycles. The monoisotopic (exact) mass is 317 g/mol. The number of thiazole rings is 1. The van der Waals surface area contributed by atoms with E-state index in [9.17, 15) is 4.79 Å². The van der Waals surface area contributed by atoms with Crippen LogP contribution in [-0.2, 0) is 11.2 Å². The lowest BCUT2D eigenvalue weighted by Crippen LogP contribution is -2.24. The minimum Gasteiger partial charge on any atom is -0.300 e. The number of benzene rings is 1. The topological polar surface area (TPSA) is 65.8 Å². The normalized spacial score (nSPS) is 15.2. The molecule has 0 radical (unpaired) electrons. The van der Waals surface area contributed by atoms with Crippen molar-refractivity contribution in [1.82, 2.24) is 4.98 Å². The zero-order valence-corrected chi connectivity index (χ0v) is 12.7. The molecule has 0 atom stereocenters. The zero-order chi connectivity index (χ0) is 14.9. The number of nitrogens with zero attached hydrogens (tertiary/aromatic N) is 2. The highest BCUT2D eigenvalue weighted by Crippen LogP contribution is 2.43. The third-order valence-electron chi connectivity index (χ3n) is 3.30. The molecule has 1 heterocycles. The number of anilines is 1. The van der Waals surface area contributed by atoms with Crippen molar-refractivity contribution in [3.8, 4) is 6.07 Å². The van der Waals surface area contributed by atoms with Gasteiger partial charge in [-0.3, -0.25) is 4.79 Å². The molecule has 21 heavy (non-hydrogen) atoms. The van der Waals surface area contributed by atoms with Crippen molar-refractivity contribution >= 4 is 34.0 Å². The highest BCUT2D eigenvalue weighted by molar-refractivity contribution is 7.15. The summed E-state index contributed by atoms with van der Waals surface area (Å²) in [6.07, 6.45) is 3.88. The van der Waals surface area contributed by atoms with Crippen molar-refractivity contribution in [3.63, 3.8) is 0 Å². The molecule has 1 fully saturated rings. The highest BCUT2D eigenvalue weighted by Gasteiger charge is 2.48. The van der Waals surface area contributed by atoms with E-state index in [1.165, 1.54) is 11.3 Å². The second kappa shape index (κ2) is 5.47. The second-order valence-electron chi connectivity index (χ2n) is 5.04. The van der Waals surface area contributed by atoms with Gasteiger partial charge in [0.2, 0.25) is 5.91 Å². The van der Waals surface area contributed by atoms with Gasteiger partial charge in [-0.2, -0.15) is 5.26 Å². The van der Waals surface area contributed by atoms with Gasteiger partial charge in [-0.25, -0.2) is 4.98 Å². The van der Waals surface area contributed by atoms with Gasteiger partial charge in [0.05, 0.1) is 11.6 Å². The van der Waals surface area contributed by atoms with Crippen LogP contribution in [0.2, 0.25) is 0 Å². The molecular formula is C15H12ClN3OS. The van der Waals surface area contributed by atoms with Crippen molar-refractivity contribution in [1.29, 1.82) is 5.26 Å². The number of aromatic nitrogens is 1. The maximum Gasteiger partial charge on any atom is 0.247 e. The first-order chi connectivity index (χ1) is 10.1. The summed E-state index contributed by atoms with van der Waals surface area (Å²) in [6, 6.07) is 9.59. The largest absolute Gasteiger partial charge is 0.300 e. The predicted molar refractivity (Wildman–Crippen MR) is 82.5 cm³/mol. The number of nitrogens with one attached hydrogen (secondary N) is 1. The van der Waals surface area contributed by atoms with Gasteiger partial charge in [-0.05, 0) is 30.5 Å². The second-order valence-corrected chi connectivity index (χ2v) is 6.88. The van der Waals surface area contributed by atoms with Gasteiger partial charge in [0, 0.05) is 17.5 Å². The lowest BCUT2D eigenvalue weighted by molar-refractivity contribution is -0.116. The Hall–Kier alpha value is -1.90. The number of amides is 1. The molecule has 0 spiro atoms. The number of rotatable bonds is 4. The summed E-state index contributed by atoms with van der Waals surface area (Å²) in [7, 11) is 0. The third kappa shape index (κ3) is 3.23. The summed E-state index contributed by atoms with van der Waals surface area (Å²) in [5.41, 5.74) is 1.69. The molecule has 2 aromatic rings. The predicted octanol–water partition coefficient (Wildman–Crippen LogP) is 3.32. The first-order valence-corrected chi connectivity index (χ1v) is 7.73. The van der Waals surface area contributed by atoms with Crippen LogP contribution in [0.3, 0.4) is 0 Å². The molecule has 1 saturated carbocycles. The number of halogens is 1. The Morgan fingerprint density at radius 1 is 1.52 bits per heavy atom. The van der Waals surface area contributed by atoms with Crippen LogP contribution in [0.5, 0.6) is 0 Å². The number of carbonyl (C=O) groups is 1. The van der Waals surface area contributed by atoms with E-state index in [4.69, 9.17) is 16.9 Å². The maximum absolute atomic E-state index is 11.8. The van der Waals surface area contributed by atoms with E-state index in [1.54, 1.807) is 12.3 Å². The molecule has 3 rings (SSSR count). The van der Waals surface area contributed by atoms with Crippen molar-refractivity contribution < 1.29 is 4.79 Å². The first kappa shape index (κ1) is 14.1. The average molecular weight is 318 g/mol. The quantitative estimate of drug-likeness (QED) is 0.880. The van der Waals surface area contributed by atoms with Gasteiger partial charge in [0.1, 0.15) is 4.87 Å². The fourth-order valence-electron chi connectivity index (χ4n) is 1.94. The molecule has 1 aliphatic carbocycles. The molecule has 0 aliphatic heterocycles. The van der Waals surface area contributed by atoms with Gasteiger partial charge < -0.3 is 5.32 Å². The molecule has 0 bridgehead atoms. The van der Waals surface area contributed by atoms with Crippen molar-refractivity contribution in [3.05, 3.63) is 46.5 Å². The fraction of sp³-hybridized carbons (Fsp3) is 0.267. The maximum atomic E-state index is 11.8. The summed E-state index contributed by atoms with van der Waals surface area (Å²) >= 11 is 7.48. The number of alkyl halides is 1. The number of carbonyl (C=O) groups excluding carboxylic acids is 1. The summed E-state index contributed by atoms with van der Waals surface area (Å²) in [6.45, 7) is 0. The van der Waals surface area contributed by atoms with E-state index < -0.39 is 4.87 Å². The third-order valence-corrected chi connectivity index (χ3v) is 4.77. The Bertz CT molecular complexity index is 731. The van der Waals surface area contributed by atoms with Gasteiger partial charge in [-0.15, -0.1) is 22.9 Å². The molecule has 1 N–H and O–H groups in total. The van der Waals surface area contributed by atoms with Crippen LogP contribution in [0.1, 0.15) is 28.8 Å². The average Bonchev–Trinajstić information content (AvgIpc) is 3.09. The van der Waals surface area contributed by atoms with Gasteiger partial charge >= 0.3 is 0 Å². The van der Waals surface area contributed by atoms with Crippen LogP contribution in [-0.4, -0.2) is 15.8 Å². The zero-order valence-electron chi connectivity index (χ0n) is 11.1. The Balaban J connectivity index is 1.67. The molecule has 1 amide bonds. The van der Waals surface area contributed by atoms with Crippen LogP contribution in [0.25, 0.3) is 0 Å². The van der Waals surface area contributed by atoms with Crippen LogP contribution in [0.4, 0.5) is 5.13 Å². The molecule has 106 valence electrons. The minimum atomic E-state index is -0.715. The minimum absolute atomic E-state index is 0.170. The molecule has 1 aromatic heterocycles. The number of nitriles is 1. The van der Waals surface area contributed by atoms with E-state index in [1.807, 2.05) is 18.2 Å². The molecule has 0 unspecified atom stereocenters. The van der Waals surface area contributed by atoms with Crippen LogP contribution >= 0.6 is 22.9 Å². The Labute approximate surface area is 131 Å². The molecule has 1 aliphatic rings. The fourth-order valence-corrected chi connectivity index (χ4v) is 2.93. The van der Waals surface area contributed by atoms with Gasteiger partial charge in [0.25, 0.3) is 0 Å². The standard InChI is InChI=1S/C15H12ClN3OS/c16-15(4-5-15)13(20)19-14-18-9-12(21-14)7-10-2-1-3-11(6-10)8-17/h1-3,6,9H,4-5,7H2,(H,18,19,20). The van der Waals surface area contributed by atoms with Crippen LogP contribution < -0.4 is 5.32 Å². The molecular weight excluding hydrogens is 306 g/mol. The lowest BCUT2D eigenvalue weighted by atomic mass is 10.1. The summed E-state index contributed by atoms with van der Waals surface area (Å²) < 4.78 is 0. The first-order valence-electron chi connectivity index (χ1n) is 6.53. The summed E-state index contributed by atoms with van der Waals surface area (Å²) in [5, 5.41) is 12.2. The van der Waals surface area contributed by atoms with Crippen LogP contribution in [0.15, 0.2) is 30.5 Å². The lowest BCUT2D eigenvalue weighted by Gasteiger charge is -2.04. The Morgan fingerprint density at radius 2 is 2.33 bits per heavy atom. The molecule has 6 heteroatoms. The van der Waals surface area contributed by atoms with Crippen molar-refractivity contribution in [2.75, 3.05) is 5.32 Å². The van der Waals surface area contributed by atoms with E-state index in [0.717, 1.165) is 23.3 Å². The Kier molecular flexibility index (Phi) is 3.66. The number of hydrogen-bond acceptors (Lipinski definition) is 4. The van der Waals surface area contributed by atoms with Crippen molar-refractivity contribution in [2.24, 2.45) is 0 Å².